The molecule has 0 radical (unpaired) electrons. The number of aromatic nitrogens is 1. The van der Waals surface area contributed by atoms with Crippen LogP contribution in [0, 0.1) is 0 Å². The van der Waals surface area contributed by atoms with E-state index < -0.39 is 10.0 Å². The highest BCUT2D eigenvalue weighted by Gasteiger charge is 2.27. The van der Waals surface area contributed by atoms with Crippen LogP contribution in [-0.2, 0) is 16.6 Å². The highest BCUT2D eigenvalue weighted by Crippen LogP contribution is 2.23. The van der Waals surface area contributed by atoms with Gasteiger partial charge in [-0.2, -0.15) is 4.31 Å². The first-order valence-corrected chi connectivity index (χ1v) is 12.1. The molecule has 30 heavy (non-hydrogen) atoms. The lowest BCUT2D eigenvalue weighted by Crippen LogP contribution is -2.33. The van der Waals surface area contributed by atoms with Crippen LogP contribution in [0.3, 0.4) is 0 Å². The topological polar surface area (TPSA) is 82.6 Å². The number of sulfonamides is 1. The molecule has 0 aliphatic carbocycles. The number of hydrogen-bond acceptors (Lipinski definition) is 5. The van der Waals surface area contributed by atoms with E-state index in [1.165, 1.54) is 10.7 Å². The quantitative estimate of drug-likeness (QED) is 0.765. The van der Waals surface area contributed by atoms with Gasteiger partial charge in [0.25, 0.3) is 5.91 Å². The molecule has 4 rings (SSSR count). The van der Waals surface area contributed by atoms with Gasteiger partial charge in [-0.15, -0.1) is 0 Å². The SMILES string of the molecule is O=C(NCc1ccc(S(=O)(=O)N2CCCC2)cc1)c1cccnc1N1CCCCC1. The first-order valence-electron chi connectivity index (χ1n) is 10.6. The molecule has 1 aromatic heterocycles. The highest BCUT2D eigenvalue weighted by atomic mass is 32.2. The van der Waals surface area contributed by atoms with Crippen LogP contribution in [0.15, 0.2) is 47.5 Å². The Morgan fingerprint density at radius 1 is 0.933 bits per heavy atom. The van der Waals surface area contributed by atoms with Gasteiger partial charge in [0.2, 0.25) is 10.0 Å². The average molecular weight is 429 g/mol. The second kappa shape index (κ2) is 9.14. The summed E-state index contributed by atoms with van der Waals surface area (Å²) in [6, 6.07) is 10.4. The van der Waals surface area contributed by atoms with E-state index in [0.29, 0.717) is 30.1 Å². The number of benzene rings is 1. The van der Waals surface area contributed by atoms with Crippen molar-refractivity contribution >= 4 is 21.7 Å². The van der Waals surface area contributed by atoms with Crippen LogP contribution < -0.4 is 10.2 Å². The molecule has 0 atom stereocenters. The van der Waals surface area contributed by atoms with Crippen LogP contribution in [-0.4, -0.2) is 49.8 Å². The summed E-state index contributed by atoms with van der Waals surface area (Å²) in [5.74, 6) is 0.569. The summed E-state index contributed by atoms with van der Waals surface area (Å²) in [7, 11) is -3.42. The number of piperidine rings is 1. The Morgan fingerprint density at radius 2 is 1.60 bits per heavy atom. The Kier molecular flexibility index (Phi) is 6.34. The van der Waals surface area contributed by atoms with Crippen LogP contribution in [0.25, 0.3) is 0 Å². The van der Waals surface area contributed by atoms with Gasteiger partial charge in [0.1, 0.15) is 5.82 Å². The molecule has 1 aromatic carbocycles. The molecule has 0 unspecified atom stereocenters. The predicted molar refractivity (Wildman–Crippen MR) is 116 cm³/mol. The summed E-state index contributed by atoms with van der Waals surface area (Å²) >= 11 is 0. The average Bonchev–Trinajstić information content (AvgIpc) is 3.34. The number of anilines is 1. The monoisotopic (exact) mass is 428 g/mol. The van der Waals surface area contributed by atoms with Crippen LogP contribution >= 0.6 is 0 Å². The van der Waals surface area contributed by atoms with E-state index in [-0.39, 0.29) is 5.91 Å². The number of nitrogens with one attached hydrogen (secondary N) is 1. The van der Waals surface area contributed by atoms with Crippen molar-refractivity contribution in [3.63, 3.8) is 0 Å². The Hall–Kier alpha value is -2.45. The molecular formula is C22H28N4O3S. The Balaban J connectivity index is 1.41. The maximum absolute atomic E-state index is 12.8. The van der Waals surface area contributed by atoms with Gasteiger partial charge in [0.05, 0.1) is 10.5 Å². The van der Waals surface area contributed by atoms with Gasteiger partial charge >= 0.3 is 0 Å². The maximum atomic E-state index is 12.8. The summed E-state index contributed by atoms with van der Waals surface area (Å²) in [5.41, 5.74) is 1.43. The molecule has 0 saturated carbocycles. The lowest BCUT2D eigenvalue weighted by Gasteiger charge is -2.29. The van der Waals surface area contributed by atoms with Crippen LogP contribution in [0.4, 0.5) is 5.82 Å². The summed E-state index contributed by atoms with van der Waals surface area (Å²) in [5, 5.41) is 2.94. The van der Waals surface area contributed by atoms with E-state index in [4.69, 9.17) is 0 Å². The minimum absolute atomic E-state index is 0.169. The van der Waals surface area contributed by atoms with E-state index in [1.807, 2.05) is 0 Å². The third-order valence-electron chi connectivity index (χ3n) is 5.77. The standard InChI is InChI=1S/C22H28N4O3S/c27-22(20-7-6-12-23-21(20)25-13-2-1-3-14-25)24-17-18-8-10-19(11-9-18)30(28,29)26-15-4-5-16-26/h6-12H,1-5,13-17H2,(H,24,27). The maximum Gasteiger partial charge on any atom is 0.255 e. The molecular weight excluding hydrogens is 400 g/mol. The molecule has 2 saturated heterocycles. The summed E-state index contributed by atoms with van der Waals surface area (Å²) in [6.07, 6.45) is 7.00. The molecule has 2 aliphatic heterocycles. The number of amides is 1. The minimum Gasteiger partial charge on any atom is -0.356 e. The minimum atomic E-state index is -3.42. The first-order chi connectivity index (χ1) is 14.6. The van der Waals surface area contributed by atoms with E-state index in [1.54, 1.807) is 42.6 Å². The third-order valence-corrected chi connectivity index (χ3v) is 7.68. The van der Waals surface area contributed by atoms with Crippen molar-refractivity contribution in [2.75, 3.05) is 31.1 Å². The van der Waals surface area contributed by atoms with Crippen LogP contribution in [0.5, 0.6) is 0 Å². The fraction of sp³-hybridized carbons (Fsp3) is 0.455. The predicted octanol–water partition coefficient (Wildman–Crippen LogP) is 2.79. The highest BCUT2D eigenvalue weighted by molar-refractivity contribution is 7.89. The summed E-state index contributed by atoms with van der Waals surface area (Å²) in [4.78, 5) is 19.7. The van der Waals surface area contributed by atoms with Gasteiger partial charge in [-0.05, 0) is 61.9 Å². The van der Waals surface area contributed by atoms with Crippen molar-refractivity contribution in [3.8, 4) is 0 Å². The van der Waals surface area contributed by atoms with Crippen molar-refractivity contribution < 1.29 is 13.2 Å². The van der Waals surface area contributed by atoms with Crippen molar-refractivity contribution in [2.24, 2.45) is 0 Å². The van der Waals surface area contributed by atoms with Gasteiger partial charge in [0, 0.05) is 38.9 Å². The smallest absolute Gasteiger partial charge is 0.255 e. The van der Waals surface area contributed by atoms with Crippen LogP contribution in [0.2, 0.25) is 0 Å². The molecule has 2 aromatic rings. The molecule has 0 spiro atoms. The molecule has 2 aliphatic rings. The van der Waals surface area contributed by atoms with E-state index in [9.17, 15) is 13.2 Å². The second-order valence-corrected chi connectivity index (χ2v) is 9.80. The molecule has 1 N–H and O–H groups in total. The number of carbonyl (C=O) groups is 1. The fourth-order valence-electron chi connectivity index (χ4n) is 4.07. The zero-order valence-electron chi connectivity index (χ0n) is 17.1. The lowest BCUT2D eigenvalue weighted by molar-refractivity contribution is 0.0951. The van der Waals surface area contributed by atoms with Crippen molar-refractivity contribution in [1.29, 1.82) is 0 Å². The second-order valence-electron chi connectivity index (χ2n) is 7.86. The van der Waals surface area contributed by atoms with Gasteiger partial charge in [-0.3, -0.25) is 4.79 Å². The van der Waals surface area contributed by atoms with Gasteiger partial charge in [-0.1, -0.05) is 12.1 Å². The number of hydrogen-bond donors (Lipinski definition) is 1. The molecule has 0 bridgehead atoms. The zero-order chi connectivity index (χ0) is 21.0. The number of rotatable bonds is 6. The molecule has 160 valence electrons. The largest absolute Gasteiger partial charge is 0.356 e. The number of pyridine rings is 1. The normalized spacial score (nSPS) is 17.8. The zero-order valence-corrected chi connectivity index (χ0v) is 17.9. The van der Waals surface area contributed by atoms with Crippen molar-refractivity contribution in [1.82, 2.24) is 14.6 Å². The van der Waals surface area contributed by atoms with E-state index in [2.05, 4.69) is 15.2 Å². The van der Waals surface area contributed by atoms with E-state index in [0.717, 1.165) is 50.2 Å². The Bertz CT molecular complexity index is 980. The molecule has 8 heteroatoms. The molecule has 2 fully saturated rings. The number of carbonyl (C=O) groups excluding carboxylic acids is 1. The Morgan fingerprint density at radius 3 is 2.30 bits per heavy atom. The number of nitrogens with zero attached hydrogens (tertiary/aromatic N) is 3. The van der Waals surface area contributed by atoms with Gasteiger partial charge in [-0.25, -0.2) is 13.4 Å². The lowest BCUT2D eigenvalue weighted by atomic mass is 10.1. The first kappa shape index (κ1) is 20.8. The molecule has 3 heterocycles. The molecule has 1 amide bonds. The van der Waals surface area contributed by atoms with Crippen LogP contribution in [0.1, 0.15) is 48.0 Å². The van der Waals surface area contributed by atoms with Gasteiger partial charge in [0.15, 0.2) is 0 Å². The summed E-state index contributed by atoms with van der Waals surface area (Å²) in [6.45, 7) is 3.35. The fourth-order valence-corrected chi connectivity index (χ4v) is 5.58. The Labute approximate surface area is 178 Å². The summed E-state index contributed by atoms with van der Waals surface area (Å²) < 4.78 is 26.8. The van der Waals surface area contributed by atoms with Gasteiger partial charge < -0.3 is 10.2 Å². The third kappa shape index (κ3) is 4.49. The van der Waals surface area contributed by atoms with Crippen molar-refractivity contribution in [3.05, 3.63) is 53.7 Å². The van der Waals surface area contributed by atoms with E-state index >= 15 is 0 Å². The molecule has 7 nitrogen and oxygen atoms in total. The van der Waals surface area contributed by atoms with Crippen molar-refractivity contribution in [2.45, 2.75) is 43.5 Å².